The van der Waals surface area contributed by atoms with Crippen molar-refractivity contribution >= 4 is 5.71 Å². The molecule has 5 saturated carbocycles. The Hall–Kier alpha value is -0.910. The van der Waals surface area contributed by atoms with Crippen LogP contribution in [-0.4, -0.2) is 46.1 Å². The second-order valence-electron chi connectivity index (χ2n) is 14.3. The Morgan fingerprint density at radius 1 is 0.857 bits per heavy atom. The molecule has 0 aromatic carbocycles. The van der Waals surface area contributed by atoms with Gasteiger partial charge < -0.3 is 20.5 Å². The third-order valence-corrected chi connectivity index (χ3v) is 13.7. The fraction of sp³-hybridized carbons (Fsp3) is 0.900. The van der Waals surface area contributed by atoms with Crippen molar-refractivity contribution in [2.45, 2.75) is 91.9 Å². The topological polar surface area (TPSA) is 93.3 Å². The molecule has 0 aromatic rings. The first-order valence-corrected chi connectivity index (χ1v) is 14.2. The molecule has 0 spiro atoms. The minimum atomic E-state index is -0.450. The monoisotopic (exact) mass is 487 g/mol. The number of hydrogen-bond acceptors (Lipinski definition) is 5. The van der Waals surface area contributed by atoms with Crippen LogP contribution in [0.2, 0.25) is 0 Å². The summed E-state index contributed by atoms with van der Waals surface area (Å²) in [5.74, 6) is 2.17. The van der Waals surface area contributed by atoms with E-state index in [2.05, 4.69) is 39.4 Å². The van der Waals surface area contributed by atoms with Crippen LogP contribution in [0.5, 0.6) is 0 Å². The lowest BCUT2D eigenvalue weighted by Crippen LogP contribution is -2.67. The first-order valence-electron chi connectivity index (χ1n) is 14.2. The van der Waals surface area contributed by atoms with Crippen LogP contribution in [0.25, 0.3) is 0 Å². The smallest absolute Gasteiger partial charge is 0.0655 e. The summed E-state index contributed by atoms with van der Waals surface area (Å²) in [6.45, 7) is 14.4. The summed E-state index contributed by atoms with van der Waals surface area (Å²) in [5, 5.41) is 44.7. The molecule has 4 N–H and O–H groups in total. The van der Waals surface area contributed by atoms with Crippen LogP contribution in [-0.2, 0) is 0 Å². The van der Waals surface area contributed by atoms with Gasteiger partial charge in [0, 0.05) is 12.0 Å². The largest absolute Gasteiger partial charge is 0.411 e. The van der Waals surface area contributed by atoms with E-state index in [1.54, 1.807) is 0 Å². The lowest BCUT2D eigenvalue weighted by atomic mass is 9.32. The normalized spacial score (nSPS) is 54.5. The van der Waals surface area contributed by atoms with Gasteiger partial charge >= 0.3 is 0 Å². The van der Waals surface area contributed by atoms with E-state index in [9.17, 15) is 20.5 Å². The fourth-order valence-corrected chi connectivity index (χ4v) is 11.6. The van der Waals surface area contributed by atoms with Crippen molar-refractivity contribution in [3.63, 3.8) is 0 Å². The van der Waals surface area contributed by atoms with Crippen molar-refractivity contribution in [1.29, 1.82) is 0 Å². The van der Waals surface area contributed by atoms with Crippen molar-refractivity contribution in [3.8, 4) is 0 Å². The Morgan fingerprint density at radius 3 is 2.23 bits per heavy atom. The van der Waals surface area contributed by atoms with Gasteiger partial charge in [-0.05, 0) is 121 Å². The number of fused-ring (bicyclic) bond motifs is 7. The molecule has 198 valence electrons. The molecule has 5 aliphatic rings. The van der Waals surface area contributed by atoms with Gasteiger partial charge in [0.15, 0.2) is 0 Å². The van der Waals surface area contributed by atoms with Gasteiger partial charge in [-0.25, -0.2) is 0 Å². The number of aliphatic hydroxyl groups is 3. The van der Waals surface area contributed by atoms with Gasteiger partial charge in [0.25, 0.3) is 0 Å². The lowest BCUT2D eigenvalue weighted by Gasteiger charge is -2.72. The molecule has 1 unspecified atom stereocenters. The van der Waals surface area contributed by atoms with Crippen molar-refractivity contribution in [2.75, 3.05) is 19.8 Å². The van der Waals surface area contributed by atoms with Crippen molar-refractivity contribution < 1.29 is 20.5 Å². The molecule has 10 atom stereocenters. The van der Waals surface area contributed by atoms with Crippen LogP contribution in [0.4, 0.5) is 0 Å². The van der Waals surface area contributed by atoms with Crippen LogP contribution >= 0.6 is 0 Å². The average molecular weight is 488 g/mol. The van der Waals surface area contributed by atoms with E-state index >= 15 is 0 Å². The highest BCUT2D eigenvalue weighted by molar-refractivity contribution is 5.91. The molecule has 0 aromatic heterocycles. The van der Waals surface area contributed by atoms with E-state index in [-0.39, 0.29) is 41.5 Å². The lowest BCUT2D eigenvalue weighted by molar-refractivity contribution is -0.233. The Morgan fingerprint density at radius 2 is 1.60 bits per heavy atom. The van der Waals surface area contributed by atoms with E-state index in [1.165, 1.54) is 19.3 Å². The highest BCUT2D eigenvalue weighted by Crippen LogP contribution is 2.77. The van der Waals surface area contributed by atoms with Crippen LogP contribution in [0.15, 0.2) is 17.3 Å². The molecule has 0 radical (unpaired) electrons. The van der Waals surface area contributed by atoms with Gasteiger partial charge in [0.1, 0.15) is 0 Å². The van der Waals surface area contributed by atoms with Crippen molar-refractivity contribution in [2.24, 2.45) is 61.8 Å². The third-order valence-electron chi connectivity index (χ3n) is 13.7. The Kier molecular flexibility index (Phi) is 6.10. The second kappa shape index (κ2) is 8.30. The van der Waals surface area contributed by atoms with E-state index in [0.29, 0.717) is 29.6 Å². The first kappa shape index (κ1) is 25.7. The summed E-state index contributed by atoms with van der Waals surface area (Å²) < 4.78 is 0. The van der Waals surface area contributed by atoms with Gasteiger partial charge in [-0.1, -0.05) is 39.4 Å². The summed E-state index contributed by atoms with van der Waals surface area (Å²) >= 11 is 0. The summed E-state index contributed by atoms with van der Waals surface area (Å²) in [7, 11) is 0. The van der Waals surface area contributed by atoms with Gasteiger partial charge in [-0.15, -0.1) is 0 Å². The van der Waals surface area contributed by atoms with E-state index in [4.69, 9.17) is 0 Å². The van der Waals surface area contributed by atoms with Gasteiger partial charge in [0.2, 0.25) is 0 Å². The molecule has 0 saturated heterocycles. The maximum absolute atomic E-state index is 10.7. The van der Waals surface area contributed by atoms with Gasteiger partial charge in [-0.2, -0.15) is 0 Å². The van der Waals surface area contributed by atoms with Gasteiger partial charge in [0.05, 0.1) is 18.9 Å². The predicted molar refractivity (Wildman–Crippen MR) is 138 cm³/mol. The van der Waals surface area contributed by atoms with E-state index in [0.717, 1.165) is 56.2 Å². The number of nitrogens with zero attached hydrogens (tertiary/aromatic N) is 1. The van der Waals surface area contributed by atoms with E-state index in [1.807, 2.05) is 0 Å². The zero-order valence-corrected chi connectivity index (χ0v) is 22.5. The van der Waals surface area contributed by atoms with E-state index < -0.39 is 5.41 Å². The summed E-state index contributed by atoms with van der Waals surface area (Å²) in [4.78, 5) is 0. The summed E-state index contributed by atoms with van der Waals surface area (Å²) in [5.41, 5.74) is 1.79. The molecule has 5 rings (SSSR count). The maximum Gasteiger partial charge on any atom is 0.0655 e. The minimum absolute atomic E-state index is 0.00988. The Bertz CT molecular complexity index is 903. The first-order chi connectivity index (χ1) is 16.5. The average Bonchev–Trinajstić information content (AvgIpc) is 3.24. The van der Waals surface area contributed by atoms with Crippen LogP contribution in [0, 0.1) is 56.7 Å². The second-order valence-corrected chi connectivity index (χ2v) is 14.3. The summed E-state index contributed by atoms with van der Waals surface area (Å²) in [6.07, 6.45) is 10.7. The summed E-state index contributed by atoms with van der Waals surface area (Å²) in [6, 6.07) is 0. The van der Waals surface area contributed by atoms with Crippen LogP contribution in [0.3, 0.4) is 0 Å². The standard InChI is InChI=1S/C30H49NO4/c1-19(16-32)20-8-13-30(18-34)15-14-28(4)21(25(20)30)6-7-23-26(2)11-10-24(31-35)27(3,17-33)22(26)9-12-29(23,28)5/h20-23,25,32-35H,1,6-18H2,2-5H3/b31-24+/t20-,21+,22+,23+,25+,26-,27?,28+,29+,30+/m0/s1. The zero-order valence-electron chi connectivity index (χ0n) is 22.5. The zero-order chi connectivity index (χ0) is 25.4. The number of hydrogen-bond donors (Lipinski definition) is 4. The molecule has 0 amide bonds. The highest BCUT2D eigenvalue weighted by atomic mass is 16.4. The third kappa shape index (κ3) is 3.07. The maximum atomic E-state index is 10.7. The Balaban J connectivity index is 1.55. The Labute approximate surface area is 212 Å². The van der Waals surface area contributed by atoms with Crippen molar-refractivity contribution in [1.82, 2.24) is 0 Å². The minimum Gasteiger partial charge on any atom is -0.411 e. The molecule has 0 heterocycles. The van der Waals surface area contributed by atoms with Crippen LogP contribution < -0.4 is 0 Å². The van der Waals surface area contributed by atoms with Crippen LogP contribution in [0.1, 0.15) is 91.9 Å². The number of rotatable bonds is 4. The molecule has 5 aliphatic carbocycles. The van der Waals surface area contributed by atoms with Crippen molar-refractivity contribution in [3.05, 3.63) is 12.2 Å². The molecule has 5 fully saturated rings. The molecule has 35 heavy (non-hydrogen) atoms. The highest BCUT2D eigenvalue weighted by Gasteiger charge is 2.71. The SMILES string of the molecule is C=C(CO)[C@@H]1CC[C@]2(CO)CC[C@]3(C)[C@H](CC[C@@H]4[C@@]5(C)CC/C(=N\O)C(C)(CO)[C@@H]5CC[C@]43C)[C@@H]12. The molecular weight excluding hydrogens is 438 g/mol. The van der Waals surface area contributed by atoms with Gasteiger partial charge in [-0.3, -0.25) is 0 Å². The molecule has 0 bridgehead atoms. The molecule has 5 heteroatoms. The molecule has 5 nitrogen and oxygen atoms in total. The fourth-order valence-electron chi connectivity index (χ4n) is 11.6. The molecule has 0 aliphatic heterocycles. The number of oxime groups is 1. The predicted octanol–water partition coefficient (Wildman–Crippen LogP) is 5.41. The quantitative estimate of drug-likeness (QED) is 0.242. The molecular formula is C30H49NO4. The number of aliphatic hydroxyl groups excluding tert-OH is 3.